The van der Waals surface area contributed by atoms with E-state index in [0.29, 0.717) is 13.2 Å². The van der Waals surface area contributed by atoms with Crippen molar-refractivity contribution in [3.63, 3.8) is 0 Å². The van der Waals surface area contributed by atoms with Gasteiger partial charge in [-0.2, -0.15) is 0 Å². The van der Waals surface area contributed by atoms with Crippen LogP contribution in [0.1, 0.15) is 17.0 Å². The number of nitrogens with zero attached hydrogens (tertiary/aromatic N) is 2. The lowest BCUT2D eigenvalue weighted by molar-refractivity contribution is 0.316. The van der Waals surface area contributed by atoms with Crippen LogP contribution in [0.4, 0.5) is 0 Å². The fraction of sp³-hybridized carbons (Fsp3) is 0.312. The maximum atomic E-state index is 5.82. The predicted octanol–water partition coefficient (Wildman–Crippen LogP) is 1.66. The molecule has 0 atom stereocenters. The van der Waals surface area contributed by atoms with Gasteiger partial charge in [0.05, 0.1) is 18.7 Å². The molecule has 0 aliphatic carbocycles. The van der Waals surface area contributed by atoms with Crippen molar-refractivity contribution in [2.75, 3.05) is 13.2 Å². The van der Waals surface area contributed by atoms with Crippen molar-refractivity contribution < 1.29 is 4.74 Å². The number of rotatable bonds is 4. The van der Waals surface area contributed by atoms with Crippen LogP contribution in [0.3, 0.4) is 0 Å². The van der Waals surface area contributed by atoms with Crippen molar-refractivity contribution in [3.8, 4) is 17.6 Å². The zero-order chi connectivity index (χ0) is 14.4. The van der Waals surface area contributed by atoms with Crippen LogP contribution in [0.15, 0.2) is 30.6 Å². The number of hydrogen-bond donors (Lipinski definition) is 1. The summed E-state index contributed by atoms with van der Waals surface area (Å²) in [4.78, 5) is 4.27. The first-order valence-corrected chi connectivity index (χ1v) is 6.59. The molecule has 0 saturated carbocycles. The van der Waals surface area contributed by atoms with Gasteiger partial charge in [-0.3, -0.25) is 0 Å². The van der Waals surface area contributed by atoms with Gasteiger partial charge in [0.2, 0.25) is 0 Å². The second-order valence-electron chi connectivity index (χ2n) is 4.56. The van der Waals surface area contributed by atoms with Crippen LogP contribution in [-0.2, 0) is 13.5 Å². The Morgan fingerprint density at radius 3 is 2.95 bits per heavy atom. The summed E-state index contributed by atoms with van der Waals surface area (Å²) < 4.78 is 7.81. The molecule has 0 unspecified atom stereocenters. The van der Waals surface area contributed by atoms with Gasteiger partial charge in [0.25, 0.3) is 0 Å². The third-order valence-corrected chi connectivity index (χ3v) is 2.96. The Labute approximate surface area is 119 Å². The zero-order valence-electron chi connectivity index (χ0n) is 11.9. The van der Waals surface area contributed by atoms with Gasteiger partial charge >= 0.3 is 0 Å². The molecule has 0 saturated heterocycles. The summed E-state index contributed by atoms with van der Waals surface area (Å²) in [6, 6.07) is 5.98. The lowest BCUT2D eigenvalue weighted by atomic mass is 10.1. The van der Waals surface area contributed by atoms with Crippen LogP contribution in [0, 0.1) is 18.8 Å². The van der Waals surface area contributed by atoms with Crippen molar-refractivity contribution in [3.05, 3.63) is 47.5 Å². The normalized spacial score (nSPS) is 9.95. The molecule has 2 rings (SSSR count). The standard InChI is InChI=1S/C16H19N3O/c1-13-5-6-15(14(12-13)4-3-8-17)20-11-7-16-18-9-10-19(16)2/h5-6,9-10,12H,7-8,11,17H2,1-2H3. The maximum absolute atomic E-state index is 5.82. The zero-order valence-corrected chi connectivity index (χ0v) is 11.9. The van der Waals surface area contributed by atoms with Crippen LogP contribution in [-0.4, -0.2) is 22.7 Å². The Bertz CT molecular complexity index is 635. The van der Waals surface area contributed by atoms with Crippen LogP contribution in [0.2, 0.25) is 0 Å². The highest BCUT2D eigenvalue weighted by Gasteiger charge is 2.04. The van der Waals surface area contributed by atoms with Gasteiger partial charge in [-0.05, 0) is 24.6 Å². The molecule has 20 heavy (non-hydrogen) atoms. The first-order valence-electron chi connectivity index (χ1n) is 6.59. The molecular formula is C16H19N3O. The molecule has 0 fully saturated rings. The Morgan fingerprint density at radius 1 is 1.40 bits per heavy atom. The Balaban J connectivity index is 2.03. The average molecular weight is 269 g/mol. The number of aromatic nitrogens is 2. The van der Waals surface area contributed by atoms with Crippen LogP contribution < -0.4 is 10.5 Å². The van der Waals surface area contributed by atoms with Gasteiger partial charge in [-0.1, -0.05) is 17.9 Å². The third kappa shape index (κ3) is 3.62. The molecule has 0 aliphatic heterocycles. The average Bonchev–Trinajstić information content (AvgIpc) is 2.84. The summed E-state index contributed by atoms with van der Waals surface area (Å²) in [5, 5.41) is 0. The Kier molecular flexibility index (Phi) is 4.80. The van der Waals surface area contributed by atoms with E-state index in [2.05, 4.69) is 16.8 Å². The summed E-state index contributed by atoms with van der Waals surface area (Å²) in [5.74, 6) is 7.72. The quantitative estimate of drug-likeness (QED) is 0.859. The lowest BCUT2D eigenvalue weighted by Crippen LogP contribution is -2.07. The van der Waals surface area contributed by atoms with Gasteiger partial charge in [0, 0.05) is 25.9 Å². The van der Waals surface area contributed by atoms with Crippen molar-refractivity contribution in [2.45, 2.75) is 13.3 Å². The summed E-state index contributed by atoms with van der Waals surface area (Å²) >= 11 is 0. The number of nitrogens with two attached hydrogens (primary N) is 1. The molecule has 4 nitrogen and oxygen atoms in total. The highest BCUT2D eigenvalue weighted by atomic mass is 16.5. The first-order chi connectivity index (χ1) is 9.70. The monoisotopic (exact) mass is 269 g/mol. The predicted molar refractivity (Wildman–Crippen MR) is 79.5 cm³/mol. The van der Waals surface area contributed by atoms with Gasteiger partial charge < -0.3 is 15.0 Å². The van der Waals surface area contributed by atoms with Crippen LogP contribution in [0.5, 0.6) is 5.75 Å². The Hall–Kier alpha value is -2.25. The smallest absolute Gasteiger partial charge is 0.134 e. The van der Waals surface area contributed by atoms with Crippen molar-refractivity contribution in [1.29, 1.82) is 0 Å². The van der Waals surface area contributed by atoms with Gasteiger partial charge in [0.1, 0.15) is 11.6 Å². The molecule has 0 radical (unpaired) electrons. The summed E-state index contributed by atoms with van der Waals surface area (Å²) in [5.41, 5.74) is 7.46. The van der Waals surface area contributed by atoms with E-state index < -0.39 is 0 Å². The van der Waals surface area contributed by atoms with E-state index in [4.69, 9.17) is 10.5 Å². The number of hydrogen-bond acceptors (Lipinski definition) is 3. The van der Waals surface area contributed by atoms with Crippen molar-refractivity contribution >= 4 is 0 Å². The molecular weight excluding hydrogens is 250 g/mol. The van der Waals surface area contributed by atoms with Gasteiger partial charge in [-0.15, -0.1) is 0 Å². The van der Waals surface area contributed by atoms with E-state index in [-0.39, 0.29) is 0 Å². The van der Waals surface area contributed by atoms with Crippen molar-refractivity contribution in [1.82, 2.24) is 9.55 Å². The highest BCUT2D eigenvalue weighted by Crippen LogP contribution is 2.19. The fourth-order valence-electron chi connectivity index (χ4n) is 1.90. The van der Waals surface area contributed by atoms with Crippen LogP contribution >= 0.6 is 0 Å². The molecule has 2 aromatic rings. The topological polar surface area (TPSA) is 53.1 Å². The minimum Gasteiger partial charge on any atom is -0.492 e. The lowest BCUT2D eigenvalue weighted by Gasteiger charge is -2.09. The molecule has 1 aromatic carbocycles. The SMILES string of the molecule is Cc1ccc(OCCc2nccn2C)c(C#CCN)c1. The number of imidazole rings is 1. The largest absolute Gasteiger partial charge is 0.492 e. The summed E-state index contributed by atoms with van der Waals surface area (Å²) in [6.45, 7) is 2.96. The van der Waals surface area contributed by atoms with E-state index in [1.54, 1.807) is 6.20 Å². The second-order valence-corrected chi connectivity index (χ2v) is 4.56. The minimum atomic E-state index is 0.348. The van der Waals surface area contributed by atoms with E-state index in [0.717, 1.165) is 29.1 Å². The third-order valence-electron chi connectivity index (χ3n) is 2.96. The molecule has 0 amide bonds. The van der Waals surface area contributed by atoms with Gasteiger partial charge in [-0.25, -0.2) is 4.98 Å². The van der Waals surface area contributed by atoms with E-state index >= 15 is 0 Å². The molecule has 0 spiro atoms. The molecule has 1 heterocycles. The minimum absolute atomic E-state index is 0.348. The van der Waals surface area contributed by atoms with E-state index in [9.17, 15) is 0 Å². The highest BCUT2D eigenvalue weighted by molar-refractivity contribution is 5.48. The maximum Gasteiger partial charge on any atom is 0.134 e. The fourth-order valence-corrected chi connectivity index (χ4v) is 1.90. The molecule has 0 aliphatic rings. The number of ether oxygens (including phenoxy) is 1. The molecule has 2 N–H and O–H groups in total. The van der Waals surface area contributed by atoms with E-state index in [1.807, 2.05) is 42.9 Å². The second kappa shape index (κ2) is 6.78. The Morgan fingerprint density at radius 2 is 2.25 bits per heavy atom. The van der Waals surface area contributed by atoms with E-state index in [1.165, 1.54) is 0 Å². The number of benzene rings is 1. The first kappa shape index (κ1) is 14.2. The molecule has 0 bridgehead atoms. The summed E-state index contributed by atoms with van der Waals surface area (Å²) in [7, 11) is 1.98. The molecule has 4 heteroatoms. The molecule has 104 valence electrons. The number of aryl methyl sites for hydroxylation is 2. The van der Waals surface area contributed by atoms with Gasteiger partial charge in [0.15, 0.2) is 0 Å². The van der Waals surface area contributed by atoms with Crippen molar-refractivity contribution in [2.24, 2.45) is 12.8 Å². The molecule has 1 aromatic heterocycles. The summed E-state index contributed by atoms with van der Waals surface area (Å²) in [6.07, 6.45) is 4.49. The van der Waals surface area contributed by atoms with Crippen LogP contribution in [0.25, 0.3) is 0 Å².